The van der Waals surface area contributed by atoms with Crippen molar-refractivity contribution in [1.82, 2.24) is 9.97 Å². The summed E-state index contributed by atoms with van der Waals surface area (Å²) in [5.41, 5.74) is 0.732. The summed E-state index contributed by atoms with van der Waals surface area (Å²) in [4.78, 5) is 7.96. The van der Waals surface area contributed by atoms with E-state index in [9.17, 15) is 8.78 Å². The number of rotatable bonds is 1. The fraction of sp³-hybridized carbons (Fsp3) is 0.0909. The van der Waals surface area contributed by atoms with E-state index in [0.29, 0.717) is 11.4 Å². The second-order valence-corrected chi connectivity index (χ2v) is 3.11. The number of benzene rings is 1. The van der Waals surface area contributed by atoms with Crippen molar-refractivity contribution in [3.8, 4) is 11.4 Å². The van der Waals surface area contributed by atoms with Gasteiger partial charge in [0.25, 0.3) is 0 Å². The summed E-state index contributed by atoms with van der Waals surface area (Å²) in [5.74, 6) is -1.30. The maximum absolute atomic E-state index is 13.2. The number of hydrogen-bond acceptors (Lipinski definition) is 2. The van der Waals surface area contributed by atoms with Gasteiger partial charge in [-0.3, -0.25) is 0 Å². The maximum Gasteiger partial charge on any atom is 0.162 e. The molecule has 2 rings (SSSR count). The van der Waals surface area contributed by atoms with Crippen LogP contribution in [-0.4, -0.2) is 9.97 Å². The molecule has 0 atom stereocenters. The Morgan fingerprint density at radius 1 is 1.07 bits per heavy atom. The highest BCUT2D eigenvalue weighted by Gasteiger charge is 2.11. The minimum atomic E-state index is -0.854. The molecule has 0 saturated heterocycles. The first-order valence-electron chi connectivity index (χ1n) is 4.42. The number of halogens is 2. The van der Waals surface area contributed by atoms with E-state index in [1.165, 1.54) is 13.0 Å². The molecule has 0 fully saturated rings. The third kappa shape index (κ3) is 1.70. The molecule has 0 spiro atoms. The van der Waals surface area contributed by atoms with E-state index in [-0.39, 0.29) is 5.56 Å². The van der Waals surface area contributed by atoms with Gasteiger partial charge >= 0.3 is 0 Å². The molecule has 0 N–H and O–H groups in total. The lowest BCUT2D eigenvalue weighted by Gasteiger charge is -2.05. The first kappa shape index (κ1) is 9.71. The van der Waals surface area contributed by atoms with E-state index in [0.717, 1.165) is 6.07 Å². The minimum Gasteiger partial charge on any atom is -0.237 e. The molecule has 0 unspecified atom stereocenters. The van der Waals surface area contributed by atoms with Crippen LogP contribution in [0.3, 0.4) is 0 Å². The van der Waals surface area contributed by atoms with Crippen LogP contribution in [0.4, 0.5) is 8.78 Å². The molecule has 0 aliphatic heterocycles. The molecular formula is C11H8F2N2. The van der Waals surface area contributed by atoms with E-state index >= 15 is 0 Å². The van der Waals surface area contributed by atoms with Crippen LogP contribution in [0.25, 0.3) is 11.4 Å². The largest absolute Gasteiger partial charge is 0.237 e. The van der Waals surface area contributed by atoms with Crippen LogP contribution in [-0.2, 0) is 0 Å². The van der Waals surface area contributed by atoms with Gasteiger partial charge in [-0.05, 0) is 30.7 Å². The van der Waals surface area contributed by atoms with Crippen LogP contribution in [0.15, 0.2) is 30.6 Å². The normalized spacial score (nSPS) is 10.3. The number of hydrogen-bond donors (Lipinski definition) is 0. The van der Waals surface area contributed by atoms with Crippen molar-refractivity contribution in [3.05, 3.63) is 47.8 Å². The van der Waals surface area contributed by atoms with Crippen LogP contribution >= 0.6 is 0 Å². The van der Waals surface area contributed by atoms with Crippen molar-refractivity contribution in [2.45, 2.75) is 6.92 Å². The third-order valence-corrected chi connectivity index (χ3v) is 2.15. The molecule has 0 radical (unpaired) electrons. The van der Waals surface area contributed by atoms with Crippen molar-refractivity contribution in [1.29, 1.82) is 0 Å². The number of nitrogens with zero attached hydrogens (tertiary/aromatic N) is 2. The highest BCUT2D eigenvalue weighted by atomic mass is 19.2. The van der Waals surface area contributed by atoms with E-state index in [2.05, 4.69) is 9.97 Å². The lowest BCUT2D eigenvalue weighted by molar-refractivity contribution is 0.503. The maximum atomic E-state index is 13.2. The van der Waals surface area contributed by atoms with Gasteiger partial charge < -0.3 is 0 Å². The molecule has 1 heterocycles. The minimum absolute atomic E-state index is 0.223. The zero-order valence-corrected chi connectivity index (χ0v) is 8.04. The highest BCUT2D eigenvalue weighted by molar-refractivity contribution is 5.59. The highest BCUT2D eigenvalue weighted by Crippen LogP contribution is 2.23. The van der Waals surface area contributed by atoms with Gasteiger partial charge in [0.15, 0.2) is 17.5 Å². The van der Waals surface area contributed by atoms with E-state index < -0.39 is 11.6 Å². The fourth-order valence-corrected chi connectivity index (χ4v) is 1.33. The van der Waals surface area contributed by atoms with Gasteiger partial charge in [-0.25, -0.2) is 18.7 Å². The summed E-state index contributed by atoms with van der Waals surface area (Å²) in [6.07, 6.45) is 3.12. The standard InChI is InChI=1S/C11H8F2N2/c1-7-8(3-4-9(12)10(7)13)11-14-5-2-6-15-11/h2-6H,1H3. The molecule has 15 heavy (non-hydrogen) atoms. The molecular weight excluding hydrogens is 198 g/mol. The molecule has 76 valence electrons. The first-order chi connectivity index (χ1) is 7.20. The molecule has 0 aliphatic rings. The van der Waals surface area contributed by atoms with Crippen LogP contribution in [0.1, 0.15) is 5.56 Å². The summed E-state index contributed by atoms with van der Waals surface area (Å²) in [6.45, 7) is 1.50. The number of aromatic nitrogens is 2. The van der Waals surface area contributed by atoms with Gasteiger partial charge in [0, 0.05) is 18.0 Å². The molecule has 0 amide bonds. The van der Waals surface area contributed by atoms with Gasteiger partial charge in [0.2, 0.25) is 0 Å². The quantitative estimate of drug-likeness (QED) is 0.716. The van der Waals surface area contributed by atoms with Gasteiger partial charge in [0.05, 0.1) is 0 Å². The Kier molecular flexibility index (Phi) is 2.41. The smallest absolute Gasteiger partial charge is 0.162 e. The van der Waals surface area contributed by atoms with Crippen molar-refractivity contribution in [3.63, 3.8) is 0 Å². The van der Waals surface area contributed by atoms with E-state index in [4.69, 9.17) is 0 Å². The Morgan fingerprint density at radius 2 is 1.73 bits per heavy atom. The van der Waals surface area contributed by atoms with Gasteiger partial charge in [-0.1, -0.05) is 0 Å². The van der Waals surface area contributed by atoms with Crippen molar-refractivity contribution in [2.75, 3.05) is 0 Å². The van der Waals surface area contributed by atoms with Gasteiger partial charge in [-0.15, -0.1) is 0 Å². The topological polar surface area (TPSA) is 25.8 Å². The van der Waals surface area contributed by atoms with Crippen LogP contribution in [0.5, 0.6) is 0 Å². The molecule has 1 aromatic heterocycles. The van der Waals surface area contributed by atoms with Crippen LogP contribution in [0.2, 0.25) is 0 Å². The van der Waals surface area contributed by atoms with Gasteiger partial charge in [-0.2, -0.15) is 0 Å². The molecule has 0 saturated carbocycles. The van der Waals surface area contributed by atoms with Gasteiger partial charge in [0.1, 0.15) is 0 Å². The Balaban J connectivity index is 2.60. The summed E-state index contributed by atoms with van der Waals surface area (Å²) in [5, 5.41) is 0. The SMILES string of the molecule is Cc1c(-c2ncccn2)ccc(F)c1F. The Bertz CT molecular complexity index is 483. The molecule has 1 aromatic carbocycles. The summed E-state index contributed by atoms with van der Waals surface area (Å²) in [6, 6.07) is 4.22. The zero-order chi connectivity index (χ0) is 10.8. The Hall–Kier alpha value is -1.84. The fourth-order valence-electron chi connectivity index (χ4n) is 1.33. The zero-order valence-electron chi connectivity index (χ0n) is 8.04. The summed E-state index contributed by atoms with van der Waals surface area (Å²) >= 11 is 0. The predicted octanol–water partition coefficient (Wildman–Crippen LogP) is 2.73. The summed E-state index contributed by atoms with van der Waals surface area (Å²) < 4.78 is 26.1. The van der Waals surface area contributed by atoms with E-state index in [1.807, 2.05) is 0 Å². The first-order valence-corrected chi connectivity index (χ1v) is 4.42. The van der Waals surface area contributed by atoms with Crippen LogP contribution < -0.4 is 0 Å². The summed E-state index contributed by atoms with van der Waals surface area (Å²) in [7, 11) is 0. The Labute approximate surface area is 85.6 Å². The average Bonchev–Trinajstić information content (AvgIpc) is 2.27. The van der Waals surface area contributed by atoms with E-state index in [1.54, 1.807) is 18.5 Å². The lowest BCUT2D eigenvalue weighted by atomic mass is 10.1. The second-order valence-electron chi connectivity index (χ2n) is 3.11. The van der Waals surface area contributed by atoms with Crippen molar-refractivity contribution in [2.24, 2.45) is 0 Å². The molecule has 0 bridgehead atoms. The average molecular weight is 206 g/mol. The van der Waals surface area contributed by atoms with Crippen molar-refractivity contribution < 1.29 is 8.78 Å². The monoisotopic (exact) mass is 206 g/mol. The molecule has 2 aromatic rings. The predicted molar refractivity (Wildman–Crippen MR) is 52.1 cm³/mol. The third-order valence-electron chi connectivity index (χ3n) is 2.15. The molecule has 0 aliphatic carbocycles. The Morgan fingerprint density at radius 3 is 2.40 bits per heavy atom. The second kappa shape index (κ2) is 3.73. The molecule has 4 heteroatoms. The van der Waals surface area contributed by atoms with Crippen LogP contribution in [0, 0.1) is 18.6 Å². The molecule has 2 nitrogen and oxygen atoms in total. The lowest BCUT2D eigenvalue weighted by Crippen LogP contribution is -1.95. The van der Waals surface area contributed by atoms with Crippen molar-refractivity contribution >= 4 is 0 Å².